The first kappa shape index (κ1) is 20.4. The Hall–Kier alpha value is -3.35. The lowest BCUT2D eigenvalue weighted by molar-refractivity contribution is -0.116. The minimum atomic E-state index is -0.0891. The maximum Gasteiger partial charge on any atom is 0.227 e. The Kier molecular flexibility index (Phi) is 6.84. The zero-order valence-electron chi connectivity index (χ0n) is 16.9. The second-order valence-electron chi connectivity index (χ2n) is 6.37. The number of nitrogens with one attached hydrogen (secondary N) is 1. The molecule has 0 aliphatic heterocycles. The van der Waals surface area contributed by atoms with E-state index in [9.17, 15) is 4.79 Å². The number of carbonyl (C=O) groups is 1. The van der Waals surface area contributed by atoms with Gasteiger partial charge in [0.05, 0.1) is 13.7 Å². The summed E-state index contributed by atoms with van der Waals surface area (Å²) in [6, 6.07) is 13.2. The van der Waals surface area contributed by atoms with E-state index in [4.69, 9.17) is 14.0 Å². The van der Waals surface area contributed by atoms with Gasteiger partial charge in [-0.3, -0.25) is 4.79 Å². The van der Waals surface area contributed by atoms with Gasteiger partial charge in [-0.15, -0.1) is 0 Å². The molecular formula is C22H25N3O4. The predicted molar refractivity (Wildman–Crippen MR) is 110 cm³/mol. The highest BCUT2D eigenvalue weighted by atomic mass is 16.5. The molecule has 7 nitrogen and oxygen atoms in total. The van der Waals surface area contributed by atoms with Crippen LogP contribution >= 0.6 is 0 Å². The lowest BCUT2D eigenvalue weighted by atomic mass is 10.1. The zero-order chi connectivity index (χ0) is 20.6. The van der Waals surface area contributed by atoms with Crippen molar-refractivity contribution in [2.24, 2.45) is 0 Å². The van der Waals surface area contributed by atoms with Gasteiger partial charge in [0.15, 0.2) is 11.5 Å². The predicted octanol–water partition coefficient (Wildman–Crippen LogP) is 4.28. The van der Waals surface area contributed by atoms with Crippen LogP contribution in [-0.2, 0) is 17.6 Å². The highest BCUT2D eigenvalue weighted by Gasteiger charge is 2.14. The van der Waals surface area contributed by atoms with Crippen LogP contribution in [0.2, 0.25) is 0 Å². The molecule has 3 rings (SSSR count). The number of nitrogens with zero attached hydrogens (tertiary/aromatic N) is 2. The normalized spacial score (nSPS) is 10.6. The number of anilines is 1. The first-order valence-electron chi connectivity index (χ1n) is 9.66. The summed E-state index contributed by atoms with van der Waals surface area (Å²) in [5, 5.41) is 6.96. The molecule has 2 aromatic carbocycles. The fourth-order valence-electron chi connectivity index (χ4n) is 2.94. The van der Waals surface area contributed by atoms with E-state index in [2.05, 4.69) is 22.4 Å². The summed E-state index contributed by atoms with van der Waals surface area (Å²) in [4.78, 5) is 16.7. The van der Waals surface area contributed by atoms with Crippen LogP contribution in [-0.4, -0.2) is 29.8 Å². The second-order valence-corrected chi connectivity index (χ2v) is 6.37. The van der Waals surface area contributed by atoms with Crippen molar-refractivity contribution in [1.29, 1.82) is 0 Å². The first-order valence-corrected chi connectivity index (χ1v) is 9.66. The van der Waals surface area contributed by atoms with Crippen molar-refractivity contribution < 1.29 is 18.8 Å². The Labute approximate surface area is 170 Å². The standard InChI is InChI=1S/C22H25N3O4/c1-4-15-8-6-7-9-17(15)23-20(26)12-13-21-24-22(25-29-21)16-10-11-18(27-3)19(14-16)28-5-2/h6-11,14H,4-5,12-13H2,1-3H3,(H,23,26). The zero-order valence-corrected chi connectivity index (χ0v) is 16.9. The largest absolute Gasteiger partial charge is 0.493 e. The van der Waals surface area contributed by atoms with Gasteiger partial charge in [0, 0.05) is 24.1 Å². The maximum absolute atomic E-state index is 12.3. The molecule has 0 saturated carbocycles. The van der Waals surface area contributed by atoms with E-state index in [-0.39, 0.29) is 12.3 Å². The van der Waals surface area contributed by atoms with Crippen LogP contribution in [0.4, 0.5) is 5.69 Å². The highest BCUT2D eigenvalue weighted by Crippen LogP contribution is 2.31. The fourth-order valence-corrected chi connectivity index (χ4v) is 2.94. The highest BCUT2D eigenvalue weighted by molar-refractivity contribution is 5.91. The van der Waals surface area contributed by atoms with Crippen molar-refractivity contribution in [3.8, 4) is 22.9 Å². The van der Waals surface area contributed by atoms with Gasteiger partial charge in [-0.2, -0.15) is 4.98 Å². The third kappa shape index (κ3) is 5.13. The number of methoxy groups -OCH3 is 1. The van der Waals surface area contributed by atoms with E-state index < -0.39 is 0 Å². The van der Waals surface area contributed by atoms with Crippen LogP contribution < -0.4 is 14.8 Å². The van der Waals surface area contributed by atoms with Gasteiger partial charge in [0.25, 0.3) is 0 Å². The molecule has 29 heavy (non-hydrogen) atoms. The van der Waals surface area contributed by atoms with Gasteiger partial charge in [-0.1, -0.05) is 30.3 Å². The Morgan fingerprint density at radius 3 is 2.72 bits per heavy atom. The van der Waals surface area contributed by atoms with Crippen LogP contribution in [0.15, 0.2) is 47.0 Å². The van der Waals surface area contributed by atoms with E-state index in [1.807, 2.05) is 43.3 Å². The lowest BCUT2D eigenvalue weighted by Gasteiger charge is -2.09. The number of ether oxygens (including phenoxy) is 2. The SMILES string of the molecule is CCOc1cc(-c2noc(CCC(=O)Nc3ccccc3CC)n2)ccc1OC. The van der Waals surface area contributed by atoms with Crippen molar-refractivity contribution >= 4 is 11.6 Å². The molecule has 1 amide bonds. The van der Waals surface area contributed by atoms with E-state index in [1.165, 1.54) is 0 Å². The molecule has 0 saturated heterocycles. The van der Waals surface area contributed by atoms with Gasteiger partial charge in [0.1, 0.15) is 0 Å². The molecule has 0 aliphatic rings. The number of carbonyl (C=O) groups excluding carboxylic acids is 1. The van der Waals surface area contributed by atoms with Crippen LogP contribution in [0.5, 0.6) is 11.5 Å². The molecule has 3 aromatic rings. The molecule has 0 radical (unpaired) electrons. The Morgan fingerprint density at radius 1 is 1.14 bits per heavy atom. The molecule has 1 aromatic heterocycles. The van der Waals surface area contributed by atoms with E-state index in [0.29, 0.717) is 36.2 Å². The number of amides is 1. The summed E-state index contributed by atoms with van der Waals surface area (Å²) in [6.07, 6.45) is 1.48. The summed E-state index contributed by atoms with van der Waals surface area (Å²) in [5.41, 5.74) is 2.70. The number of hydrogen-bond donors (Lipinski definition) is 1. The maximum atomic E-state index is 12.3. The smallest absolute Gasteiger partial charge is 0.227 e. The Balaban J connectivity index is 1.63. The lowest BCUT2D eigenvalue weighted by Crippen LogP contribution is -2.13. The molecule has 152 valence electrons. The number of rotatable bonds is 9. The number of benzene rings is 2. The summed E-state index contributed by atoms with van der Waals surface area (Å²) in [6.45, 7) is 4.48. The van der Waals surface area contributed by atoms with Crippen molar-refractivity contribution in [3.05, 3.63) is 53.9 Å². The van der Waals surface area contributed by atoms with Crippen molar-refractivity contribution in [1.82, 2.24) is 10.1 Å². The van der Waals surface area contributed by atoms with Gasteiger partial charge in [-0.25, -0.2) is 0 Å². The third-order valence-electron chi connectivity index (χ3n) is 4.43. The number of hydrogen-bond acceptors (Lipinski definition) is 6. The minimum Gasteiger partial charge on any atom is -0.493 e. The van der Waals surface area contributed by atoms with E-state index in [0.717, 1.165) is 23.2 Å². The summed E-state index contributed by atoms with van der Waals surface area (Å²) in [5.74, 6) is 2.03. The molecule has 7 heteroatoms. The van der Waals surface area contributed by atoms with E-state index in [1.54, 1.807) is 13.2 Å². The quantitative estimate of drug-likeness (QED) is 0.582. The Morgan fingerprint density at radius 2 is 1.97 bits per heavy atom. The molecule has 1 heterocycles. The van der Waals surface area contributed by atoms with Crippen LogP contribution in [0, 0.1) is 0 Å². The third-order valence-corrected chi connectivity index (χ3v) is 4.43. The van der Waals surface area contributed by atoms with Crippen LogP contribution in [0.3, 0.4) is 0 Å². The van der Waals surface area contributed by atoms with Crippen molar-refractivity contribution in [2.45, 2.75) is 33.1 Å². The van der Waals surface area contributed by atoms with Crippen molar-refractivity contribution in [2.75, 3.05) is 19.0 Å². The summed E-state index contributed by atoms with van der Waals surface area (Å²) < 4.78 is 16.2. The van der Waals surface area contributed by atoms with Crippen LogP contribution in [0.25, 0.3) is 11.4 Å². The average Bonchev–Trinajstić information content (AvgIpc) is 3.22. The van der Waals surface area contributed by atoms with Crippen molar-refractivity contribution in [3.63, 3.8) is 0 Å². The molecule has 0 spiro atoms. The van der Waals surface area contributed by atoms with Gasteiger partial charge in [-0.05, 0) is 43.2 Å². The monoisotopic (exact) mass is 395 g/mol. The Bertz CT molecular complexity index is 968. The molecule has 0 unspecified atom stereocenters. The number of aryl methyl sites for hydroxylation is 2. The molecule has 0 fully saturated rings. The van der Waals surface area contributed by atoms with Gasteiger partial charge >= 0.3 is 0 Å². The van der Waals surface area contributed by atoms with Gasteiger partial charge < -0.3 is 19.3 Å². The number of aromatic nitrogens is 2. The second kappa shape index (κ2) is 9.73. The van der Waals surface area contributed by atoms with E-state index >= 15 is 0 Å². The van der Waals surface area contributed by atoms with Gasteiger partial charge in [0.2, 0.25) is 17.6 Å². The summed E-state index contributed by atoms with van der Waals surface area (Å²) >= 11 is 0. The molecule has 0 atom stereocenters. The molecule has 1 N–H and O–H groups in total. The molecule has 0 bridgehead atoms. The topological polar surface area (TPSA) is 86.5 Å². The number of para-hydroxylation sites is 1. The first-order chi connectivity index (χ1) is 14.1. The van der Waals surface area contributed by atoms with Crippen LogP contribution in [0.1, 0.15) is 31.7 Å². The summed E-state index contributed by atoms with van der Waals surface area (Å²) in [7, 11) is 1.59. The molecular weight excluding hydrogens is 370 g/mol. The molecule has 0 aliphatic carbocycles. The minimum absolute atomic E-state index is 0.0891. The fraction of sp³-hybridized carbons (Fsp3) is 0.318. The average molecular weight is 395 g/mol.